The van der Waals surface area contributed by atoms with Crippen LogP contribution >= 0.6 is 0 Å². The Hall–Kier alpha value is -1.13. The minimum atomic E-state index is -0.693. The van der Waals surface area contributed by atoms with Crippen molar-refractivity contribution in [2.45, 2.75) is 43.8 Å². The highest BCUT2D eigenvalue weighted by Crippen LogP contribution is 2.42. The first-order chi connectivity index (χ1) is 8.19. The molecule has 0 saturated heterocycles. The van der Waals surface area contributed by atoms with Gasteiger partial charge in [-0.3, -0.25) is 4.98 Å². The van der Waals surface area contributed by atoms with Crippen molar-refractivity contribution in [1.82, 2.24) is 4.98 Å². The topological polar surface area (TPSA) is 68.4 Å². The van der Waals surface area contributed by atoms with Gasteiger partial charge in [0.25, 0.3) is 0 Å². The first kappa shape index (κ1) is 12.3. The molecule has 1 atom stereocenters. The number of hydrogen-bond acceptors (Lipinski definition) is 4. The maximum absolute atomic E-state index is 10.5. The number of hydrogen-bond donors (Lipinski definition) is 2. The number of ether oxygens (including phenoxy) is 1. The summed E-state index contributed by atoms with van der Waals surface area (Å²) >= 11 is 0. The fraction of sp³-hybridized carbons (Fsp3) is 0.615. The summed E-state index contributed by atoms with van der Waals surface area (Å²) in [4.78, 5) is 4.03. The van der Waals surface area contributed by atoms with E-state index in [-0.39, 0.29) is 0 Å². The van der Waals surface area contributed by atoms with Gasteiger partial charge >= 0.3 is 0 Å². The molecule has 17 heavy (non-hydrogen) atoms. The van der Waals surface area contributed by atoms with Crippen molar-refractivity contribution in [2.24, 2.45) is 0 Å². The summed E-state index contributed by atoms with van der Waals surface area (Å²) in [5, 5.41) is 10.5. The summed E-state index contributed by atoms with van der Waals surface area (Å²) in [6, 6.07) is 1.71. The van der Waals surface area contributed by atoms with E-state index in [9.17, 15) is 5.11 Å². The summed E-state index contributed by atoms with van der Waals surface area (Å²) < 4.78 is 5.62. The predicted octanol–water partition coefficient (Wildman–Crippen LogP) is 2.05. The molecule has 0 spiro atoms. The SMILES string of the molecule is COC1(C(O)c2cnccc2N)CCCCC1. The summed E-state index contributed by atoms with van der Waals surface area (Å²) in [5.41, 5.74) is 6.65. The lowest BCUT2D eigenvalue weighted by atomic mass is 9.78. The third-order valence-corrected chi connectivity index (χ3v) is 3.79. The molecule has 1 heterocycles. The molecule has 4 heteroatoms. The van der Waals surface area contributed by atoms with E-state index in [0.29, 0.717) is 11.3 Å². The van der Waals surface area contributed by atoms with Crippen molar-refractivity contribution in [2.75, 3.05) is 12.8 Å². The molecule has 1 aliphatic rings. The minimum Gasteiger partial charge on any atom is -0.398 e. The zero-order chi connectivity index (χ0) is 12.3. The van der Waals surface area contributed by atoms with Crippen LogP contribution in [-0.4, -0.2) is 22.8 Å². The lowest BCUT2D eigenvalue weighted by molar-refractivity contribution is -0.125. The molecule has 4 nitrogen and oxygen atoms in total. The molecular formula is C13H20N2O2. The second-order valence-electron chi connectivity index (χ2n) is 4.74. The van der Waals surface area contributed by atoms with E-state index in [0.717, 1.165) is 25.7 Å². The Morgan fingerprint density at radius 1 is 1.41 bits per heavy atom. The summed E-state index contributed by atoms with van der Waals surface area (Å²) in [7, 11) is 1.67. The van der Waals surface area contributed by atoms with Crippen LogP contribution in [0, 0.1) is 0 Å². The van der Waals surface area contributed by atoms with Crippen LogP contribution in [0.5, 0.6) is 0 Å². The van der Waals surface area contributed by atoms with Crippen molar-refractivity contribution >= 4 is 5.69 Å². The average Bonchev–Trinajstić information content (AvgIpc) is 2.39. The lowest BCUT2D eigenvalue weighted by Crippen LogP contribution is -2.40. The van der Waals surface area contributed by atoms with E-state index in [1.54, 1.807) is 25.6 Å². The van der Waals surface area contributed by atoms with Crippen LogP contribution < -0.4 is 5.73 Å². The number of methoxy groups -OCH3 is 1. The summed E-state index contributed by atoms with van der Waals surface area (Å²) in [6.07, 6.45) is 7.71. The first-order valence-corrected chi connectivity index (χ1v) is 6.12. The number of nitrogens with two attached hydrogens (primary N) is 1. The van der Waals surface area contributed by atoms with Crippen LogP contribution in [0.4, 0.5) is 5.69 Å². The van der Waals surface area contributed by atoms with Crippen LogP contribution in [0.1, 0.15) is 43.8 Å². The quantitative estimate of drug-likeness (QED) is 0.842. The van der Waals surface area contributed by atoms with Gasteiger partial charge in [-0.15, -0.1) is 0 Å². The predicted molar refractivity (Wildman–Crippen MR) is 66.4 cm³/mol. The lowest BCUT2D eigenvalue weighted by Gasteiger charge is -2.40. The van der Waals surface area contributed by atoms with Gasteiger partial charge < -0.3 is 15.6 Å². The van der Waals surface area contributed by atoms with Gasteiger partial charge in [-0.2, -0.15) is 0 Å². The largest absolute Gasteiger partial charge is 0.398 e. The number of nitrogens with zero attached hydrogens (tertiary/aromatic N) is 1. The first-order valence-electron chi connectivity index (χ1n) is 6.12. The van der Waals surface area contributed by atoms with Gasteiger partial charge in [-0.1, -0.05) is 19.3 Å². The van der Waals surface area contributed by atoms with Crippen molar-refractivity contribution < 1.29 is 9.84 Å². The molecule has 94 valence electrons. The Balaban J connectivity index is 2.28. The monoisotopic (exact) mass is 236 g/mol. The van der Waals surface area contributed by atoms with Gasteiger partial charge in [0.1, 0.15) is 6.10 Å². The smallest absolute Gasteiger partial charge is 0.111 e. The fourth-order valence-corrected chi connectivity index (χ4v) is 2.67. The number of aromatic nitrogens is 1. The van der Waals surface area contributed by atoms with E-state index in [1.807, 2.05) is 0 Å². The number of rotatable bonds is 3. The van der Waals surface area contributed by atoms with Crippen molar-refractivity contribution in [3.63, 3.8) is 0 Å². The number of pyridine rings is 1. The minimum absolute atomic E-state index is 0.491. The Kier molecular flexibility index (Phi) is 3.64. The normalized spacial score (nSPS) is 21.1. The second kappa shape index (κ2) is 5.02. The highest BCUT2D eigenvalue weighted by Gasteiger charge is 2.40. The van der Waals surface area contributed by atoms with Crippen LogP contribution in [0.2, 0.25) is 0 Å². The van der Waals surface area contributed by atoms with E-state index < -0.39 is 11.7 Å². The van der Waals surface area contributed by atoms with Gasteiger partial charge in [0.2, 0.25) is 0 Å². The summed E-state index contributed by atoms with van der Waals surface area (Å²) in [5.74, 6) is 0. The maximum Gasteiger partial charge on any atom is 0.111 e. The Bertz CT molecular complexity index is 375. The van der Waals surface area contributed by atoms with E-state index >= 15 is 0 Å². The molecule has 0 bridgehead atoms. The molecule has 0 radical (unpaired) electrons. The third-order valence-electron chi connectivity index (χ3n) is 3.79. The Morgan fingerprint density at radius 2 is 2.12 bits per heavy atom. The molecular weight excluding hydrogens is 216 g/mol. The fourth-order valence-electron chi connectivity index (χ4n) is 2.67. The van der Waals surface area contributed by atoms with Crippen molar-refractivity contribution in [3.05, 3.63) is 24.0 Å². The van der Waals surface area contributed by atoms with E-state index in [4.69, 9.17) is 10.5 Å². The molecule has 0 aliphatic heterocycles. The van der Waals surface area contributed by atoms with Crippen molar-refractivity contribution in [3.8, 4) is 0 Å². The zero-order valence-corrected chi connectivity index (χ0v) is 10.2. The number of aliphatic hydroxyl groups is 1. The molecule has 1 unspecified atom stereocenters. The van der Waals surface area contributed by atoms with Gasteiger partial charge in [0.05, 0.1) is 5.60 Å². The highest BCUT2D eigenvalue weighted by atomic mass is 16.5. The van der Waals surface area contributed by atoms with Crippen LogP contribution in [-0.2, 0) is 4.74 Å². The average molecular weight is 236 g/mol. The third kappa shape index (κ3) is 2.28. The molecule has 0 amide bonds. The van der Waals surface area contributed by atoms with Crippen molar-refractivity contribution in [1.29, 1.82) is 0 Å². The van der Waals surface area contributed by atoms with Crippen LogP contribution in [0.15, 0.2) is 18.5 Å². The van der Waals surface area contributed by atoms with Crippen LogP contribution in [0.25, 0.3) is 0 Å². The number of nitrogen functional groups attached to an aromatic ring is 1. The molecule has 0 aromatic carbocycles. The molecule has 1 aliphatic carbocycles. The Labute approximate surface area is 102 Å². The zero-order valence-electron chi connectivity index (χ0n) is 10.2. The Morgan fingerprint density at radius 3 is 2.71 bits per heavy atom. The second-order valence-corrected chi connectivity index (χ2v) is 4.74. The van der Waals surface area contributed by atoms with Gasteiger partial charge in [-0.05, 0) is 18.9 Å². The standard InChI is InChI=1S/C13H20N2O2/c1-17-13(6-3-2-4-7-13)12(16)10-9-15-8-5-11(10)14/h5,8-9,12,16H,2-4,6-7H2,1H3,(H2,14,15). The van der Waals surface area contributed by atoms with Gasteiger partial charge in [0, 0.05) is 30.8 Å². The molecule has 1 saturated carbocycles. The molecule has 3 N–H and O–H groups in total. The highest BCUT2D eigenvalue weighted by molar-refractivity contribution is 5.46. The van der Waals surface area contributed by atoms with Gasteiger partial charge in [0.15, 0.2) is 0 Å². The molecule has 1 aromatic heterocycles. The summed E-state index contributed by atoms with van der Waals surface area (Å²) in [6.45, 7) is 0. The van der Waals surface area contributed by atoms with Gasteiger partial charge in [-0.25, -0.2) is 0 Å². The van der Waals surface area contributed by atoms with E-state index in [1.165, 1.54) is 6.42 Å². The number of aliphatic hydroxyl groups excluding tert-OH is 1. The van der Waals surface area contributed by atoms with Crippen LogP contribution in [0.3, 0.4) is 0 Å². The molecule has 2 rings (SSSR count). The maximum atomic E-state index is 10.5. The van der Waals surface area contributed by atoms with E-state index in [2.05, 4.69) is 4.98 Å². The molecule has 1 fully saturated rings. The molecule has 1 aromatic rings. The number of anilines is 1.